The van der Waals surface area contributed by atoms with Gasteiger partial charge in [0.25, 0.3) is 0 Å². The second kappa shape index (κ2) is 4.80. The fourth-order valence-corrected chi connectivity index (χ4v) is 6.78. The first-order valence-corrected chi connectivity index (χ1v) is 9.07. The Balaban J connectivity index is 1.75. The van der Waals surface area contributed by atoms with E-state index in [0.717, 1.165) is 12.8 Å². The van der Waals surface area contributed by atoms with Crippen LogP contribution >= 0.6 is 0 Å². The SMILES string of the molecule is C[C@]12C[C@@H](O)[C@H]3[C@@H](CC=C4CCCC[C@@]43C)[C@@H]1C[C@@H](F)[C@@H]2O. The fraction of sp³-hybridized carbons (Fsp3) is 0.895. The van der Waals surface area contributed by atoms with Crippen molar-refractivity contribution in [1.82, 2.24) is 0 Å². The van der Waals surface area contributed by atoms with E-state index in [9.17, 15) is 14.6 Å². The molecule has 0 unspecified atom stereocenters. The highest BCUT2D eigenvalue weighted by Crippen LogP contribution is 2.65. The predicted octanol–water partition coefficient (Wildman–Crippen LogP) is 3.62. The van der Waals surface area contributed by atoms with Gasteiger partial charge >= 0.3 is 0 Å². The molecule has 3 heteroatoms. The van der Waals surface area contributed by atoms with Crippen molar-refractivity contribution in [2.75, 3.05) is 0 Å². The van der Waals surface area contributed by atoms with E-state index in [1.807, 2.05) is 6.92 Å². The molecule has 0 spiro atoms. The maximum Gasteiger partial charge on any atom is 0.127 e. The van der Waals surface area contributed by atoms with Gasteiger partial charge in [0.2, 0.25) is 0 Å². The number of halogens is 1. The van der Waals surface area contributed by atoms with Crippen LogP contribution in [-0.4, -0.2) is 28.6 Å². The van der Waals surface area contributed by atoms with E-state index in [4.69, 9.17) is 0 Å². The third kappa shape index (κ3) is 1.78. The second-order valence-corrected chi connectivity index (χ2v) is 8.86. The van der Waals surface area contributed by atoms with Crippen molar-refractivity contribution in [2.24, 2.45) is 28.6 Å². The Labute approximate surface area is 132 Å². The minimum absolute atomic E-state index is 0.0985. The molecular formula is C19H29FO2. The molecule has 0 aromatic rings. The summed E-state index contributed by atoms with van der Waals surface area (Å²) in [5.74, 6) is 0.793. The highest BCUT2D eigenvalue weighted by Gasteiger charge is 2.63. The number of fused-ring (bicyclic) bond motifs is 5. The maximum absolute atomic E-state index is 14.2. The first-order chi connectivity index (χ1) is 10.4. The average molecular weight is 308 g/mol. The molecule has 0 bridgehead atoms. The standard InChI is InChI=1S/C19H29FO2/c1-18-8-4-3-5-11(18)6-7-12-13-9-14(20)17(22)19(13,2)10-15(21)16(12)18/h6,12-17,21-22H,3-5,7-10H2,1-2H3/t12-,13-,14+,15+,16+,17-,18-,19-/m0/s1. The summed E-state index contributed by atoms with van der Waals surface area (Å²) >= 11 is 0. The lowest BCUT2D eigenvalue weighted by Crippen LogP contribution is -2.56. The van der Waals surface area contributed by atoms with Crippen molar-refractivity contribution in [1.29, 1.82) is 0 Å². The lowest BCUT2D eigenvalue weighted by atomic mass is 9.47. The van der Waals surface area contributed by atoms with Crippen molar-refractivity contribution in [2.45, 2.75) is 77.2 Å². The van der Waals surface area contributed by atoms with E-state index in [1.54, 1.807) is 0 Å². The number of hydrogen-bond donors (Lipinski definition) is 2. The summed E-state index contributed by atoms with van der Waals surface area (Å²) in [5, 5.41) is 21.3. The van der Waals surface area contributed by atoms with Gasteiger partial charge in [0.05, 0.1) is 12.2 Å². The summed E-state index contributed by atoms with van der Waals surface area (Å²) in [5.41, 5.74) is 1.19. The van der Waals surface area contributed by atoms with E-state index in [-0.39, 0.29) is 17.3 Å². The molecule has 8 atom stereocenters. The van der Waals surface area contributed by atoms with Gasteiger partial charge in [-0.05, 0) is 61.7 Å². The molecule has 0 heterocycles. The lowest BCUT2D eigenvalue weighted by Gasteiger charge is -2.58. The topological polar surface area (TPSA) is 40.5 Å². The zero-order chi connectivity index (χ0) is 15.7. The molecule has 0 aromatic heterocycles. The van der Waals surface area contributed by atoms with Gasteiger partial charge in [-0.2, -0.15) is 0 Å². The summed E-state index contributed by atoms with van der Waals surface area (Å²) < 4.78 is 14.2. The normalized spacial score (nSPS) is 57.6. The molecule has 2 N–H and O–H groups in total. The molecule has 124 valence electrons. The molecule has 0 amide bonds. The van der Waals surface area contributed by atoms with E-state index < -0.39 is 23.8 Å². The van der Waals surface area contributed by atoms with Gasteiger partial charge in [-0.1, -0.05) is 31.9 Å². The molecule has 0 aliphatic heterocycles. The monoisotopic (exact) mass is 308 g/mol. The van der Waals surface area contributed by atoms with Crippen LogP contribution in [0.15, 0.2) is 11.6 Å². The second-order valence-electron chi connectivity index (χ2n) is 8.86. The van der Waals surface area contributed by atoms with Gasteiger partial charge in [-0.3, -0.25) is 0 Å². The molecule has 2 nitrogen and oxygen atoms in total. The Bertz CT molecular complexity index is 504. The molecule has 0 saturated heterocycles. The van der Waals surface area contributed by atoms with E-state index in [0.29, 0.717) is 18.8 Å². The van der Waals surface area contributed by atoms with E-state index >= 15 is 0 Å². The Kier molecular flexibility index (Phi) is 3.30. The van der Waals surface area contributed by atoms with Crippen molar-refractivity contribution in [3.63, 3.8) is 0 Å². The van der Waals surface area contributed by atoms with Crippen LogP contribution < -0.4 is 0 Å². The summed E-state index contributed by atoms with van der Waals surface area (Å²) in [4.78, 5) is 0. The molecular weight excluding hydrogens is 279 g/mol. The minimum atomic E-state index is -1.12. The van der Waals surface area contributed by atoms with Gasteiger partial charge < -0.3 is 10.2 Å². The highest BCUT2D eigenvalue weighted by molar-refractivity contribution is 5.26. The van der Waals surface area contributed by atoms with E-state index in [2.05, 4.69) is 13.0 Å². The number of allylic oxidation sites excluding steroid dienone is 2. The number of aliphatic hydroxyl groups excluding tert-OH is 2. The van der Waals surface area contributed by atoms with Gasteiger partial charge in [-0.25, -0.2) is 4.39 Å². The molecule has 4 aliphatic rings. The first kappa shape index (κ1) is 15.1. The van der Waals surface area contributed by atoms with Gasteiger partial charge in [-0.15, -0.1) is 0 Å². The Hall–Kier alpha value is -0.410. The predicted molar refractivity (Wildman–Crippen MR) is 84.0 cm³/mol. The van der Waals surface area contributed by atoms with Crippen LogP contribution in [0.4, 0.5) is 4.39 Å². The lowest BCUT2D eigenvalue weighted by molar-refractivity contribution is -0.135. The smallest absolute Gasteiger partial charge is 0.127 e. The maximum atomic E-state index is 14.2. The Morgan fingerprint density at radius 3 is 2.77 bits per heavy atom. The number of hydrogen-bond acceptors (Lipinski definition) is 2. The Morgan fingerprint density at radius 1 is 1.23 bits per heavy atom. The van der Waals surface area contributed by atoms with Crippen LogP contribution in [0.3, 0.4) is 0 Å². The highest BCUT2D eigenvalue weighted by atomic mass is 19.1. The summed E-state index contributed by atoms with van der Waals surface area (Å²) in [6, 6.07) is 0. The minimum Gasteiger partial charge on any atom is -0.393 e. The van der Waals surface area contributed by atoms with Crippen molar-refractivity contribution < 1.29 is 14.6 Å². The molecule has 3 fully saturated rings. The molecule has 0 aromatic carbocycles. The van der Waals surface area contributed by atoms with E-state index in [1.165, 1.54) is 24.8 Å². The van der Waals surface area contributed by atoms with Gasteiger partial charge in [0.15, 0.2) is 0 Å². The molecule has 4 rings (SSSR count). The van der Waals surface area contributed by atoms with Crippen molar-refractivity contribution in [3.05, 3.63) is 11.6 Å². The molecule has 0 radical (unpaired) electrons. The van der Waals surface area contributed by atoms with Crippen molar-refractivity contribution >= 4 is 0 Å². The summed E-state index contributed by atoms with van der Waals surface area (Å²) in [6.45, 7) is 4.34. The summed E-state index contributed by atoms with van der Waals surface area (Å²) in [6.07, 6.45) is 6.80. The van der Waals surface area contributed by atoms with Crippen LogP contribution in [0.2, 0.25) is 0 Å². The van der Waals surface area contributed by atoms with Crippen LogP contribution in [0.5, 0.6) is 0 Å². The third-order valence-electron chi connectivity index (χ3n) is 7.88. The molecule has 4 aliphatic carbocycles. The average Bonchev–Trinajstić information content (AvgIpc) is 2.70. The summed E-state index contributed by atoms with van der Waals surface area (Å²) in [7, 11) is 0. The zero-order valence-corrected chi connectivity index (χ0v) is 13.8. The largest absolute Gasteiger partial charge is 0.393 e. The van der Waals surface area contributed by atoms with Gasteiger partial charge in [0.1, 0.15) is 6.17 Å². The van der Waals surface area contributed by atoms with Crippen LogP contribution in [0.1, 0.15) is 58.8 Å². The van der Waals surface area contributed by atoms with Gasteiger partial charge in [0, 0.05) is 5.41 Å². The first-order valence-electron chi connectivity index (χ1n) is 9.07. The number of alkyl halides is 1. The molecule has 22 heavy (non-hydrogen) atoms. The number of rotatable bonds is 0. The van der Waals surface area contributed by atoms with Crippen LogP contribution in [-0.2, 0) is 0 Å². The fourth-order valence-electron chi connectivity index (χ4n) is 6.78. The zero-order valence-electron chi connectivity index (χ0n) is 13.8. The number of aliphatic hydroxyl groups is 2. The third-order valence-corrected chi connectivity index (χ3v) is 7.88. The van der Waals surface area contributed by atoms with Crippen LogP contribution in [0.25, 0.3) is 0 Å². The Morgan fingerprint density at radius 2 is 2.00 bits per heavy atom. The van der Waals surface area contributed by atoms with Crippen LogP contribution in [0, 0.1) is 28.6 Å². The molecule has 3 saturated carbocycles. The quantitative estimate of drug-likeness (QED) is 0.671. The van der Waals surface area contributed by atoms with Crippen molar-refractivity contribution in [3.8, 4) is 0 Å².